The molecular formula is C15H31NS. The normalized spacial score (nSPS) is 30.2. The van der Waals surface area contributed by atoms with Gasteiger partial charge in [-0.1, -0.05) is 27.7 Å². The highest BCUT2D eigenvalue weighted by Gasteiger charge is 2.32. The fourth-order valence-electron chi connectivity index (χ4n) is 3.36. The molecule has 17 heavy (non-hydrogen) atoms. The Morgan fingerprint density at radius 2 is 2.06 bits per heavy atom. The van der Waals surface area contributed by atoms with E-state index < -0.39 is 0 Å². The predicted octanol–water partition coefficient (Wildman–Crippen LogP) is 4.32. The van der Waals surface area contributed by atoms with E-state index in [1.807, 2.05) is 0 Å². The van der Waals surface area contributed by atoms with Crippen LogP contribution >= 0.6 is 11.8 Å². The van der Waals surface area contributed by atoms with Crippen LogP contribution in [0.15, 0.2) is 0 Å². The van der Waals surface area contributed by atoms with Crippen LogP contribution in [0.5, 0.6) is 0 Å². The van der Waals surface area contributed by atoms with Crippen molar-refractivity contribution in [3.8, 4) is 0 Å². The zero-order valence-electron chi connectivity index (χ0n) is 12.4. The van der Waals surface area contributed by atoms with E-state index >= 15 is 0 Å². The lowest BCUT2D eigenvalue weighted by atomic mass is 9.70. The van der Waals surface area contributed by atoms with Crippen LogP contribution in [0.2, 0.25) is 0 Å². The summed E-state index contributed by atoms with van der Waals surface area (Å²) in [6.45, 7) is 11.9. The highest BCUT2D eigenvalue weighted by atomic mass is 32.2. The molecule has 0 aromatic carbocycles. The molecule has 0 radical (unpaired) electrons. The topological polar surface area (TPSA) is 12.0 Å². The maximum atomic E-state index is 3.85. The van der Waals surface area contributed by atoms with Crippen molar-refractivity contribution in [1.82, 2.24) is 5.32 Å². The second-order valence-corrected chi connectivity index (χ2v) is 8.06. The van der Waals surface area contributed by atoms with Crippen molar-refractivity contribution < 1.29 is 0 Å². The monoisotopic (exact) mass is 257 g/mol. The Bertz CT molecular complexity index is 215. The number of hydrogen-bond acceptors (Lipinski definition) is 2. The van der Waals surface area contributed by atoms with Gasteiger partial charge in [0.1, 0.15) is 0 Å². The number of hydrogen-bond donors (Lipinski definition) is 1. The summed E-state index contributed by atoms with van der Waals surface area (Å²) in [6.07, 6.45) is 5.42. The molecule has 1 fully saturated rings. The second kappa shape index (κ2) is 7.04. The molecule has 3 atom stereocenters. The van der Waals surface area contributed by atoms with Crippen LogP contribution in [0.3, 0.4) is 0 Å². The van der Waals surface area contributed by atoms with Crippen molar-refractivity contribution in [1.29, 1.82) is 0 Å². The van der Waals surface area contributed by atoms with E-state index in [1.165, 1.54) is 37.2 Å². The molecule has 0 heterocycles. The number of nitrogens with one attached hydrogen (secondary N) is 1. The van der Waals surface area contributed by atoms with E-state index in [1.54, 1.807) is 0 Å². The Kier molecular flexibility index (Phi) is 6.36. The first kappa shape index (κ1) is 15.4. The highest BCUT2D eigenvalue weighted by molar-refractivity contribution is 7.99. The molecular weight excluding hydrogens is 226 g/mol. The standard InChI is InChI=1S/C15H31NS/c1-6-17-8-7-13(3)16-14-9-12(2)10-15(4,5)11-14/h12-14,16H,6-11H2,1-5H3. The van der Waals surface area contributed by atoms with E-state index in [9.17, 15) is 0 Å². The van der Waals surface area contributed by atoms with Gasteiger partial charge >= 0.3 is 0 Å². The van der Waals surface area contributed by atoms with E-state index in [4.69, 9.17) is 0 Å². The van der Waals surface area contributed by atoms with E-state index in [-0.39, 0.29) is 0 Å². The molecule has 1 aliphatic rings. The molecule has 0 aromatic heterocycles. The number of thioether (sulfide) groups is 1. The van der Waals surface area contributed by atoms with Crippen molar-refractivity contribution in [3.05, 3.63) is 0 Å². The first-order valence-electron chi connectivity index (χ1n) is 7.26. The molecule has 0 bridgehead atoms. The Balaban J connectivity index is 2.30. The van der Waals surface area contributed by atoms with Crippen molar-refractivity contribution in [2.45, 2.75) is 72.4 Å². The summed E-state index contributed by atoms with van der Waals surface area (Å²) in [6, 6.07) is 1.43. The van der Waals surface area contributed by atoms with Crippen LogP contribution in [-0.4, -0.2) is 23.6 Å². The fraction of sp³-hybridized carbons (Fsp3) is 1.00. The lowest BCUT2D eigenvalue weighted by Crippen LogP contribution is -2.44. The minimum atomic E-state index is 0.535. The third-order valence-corrected chi connectivity index (χ3v) is 4.74. The van der Waals surface area contributed by atoms with Gasteiger partial charge in [-0.2, -0.15) is 11.8 Å². The Labute approximate surface area is 113 Å². The summed E-state index contributed by atoms with van der Waals surface area (Å²) in [5.41, 5.74) is 0.535. The van der Waals surface area contributed by atoms with Gasteiger partial charge in [0.05, 0.1) is 0 Å². The van der Waals surface area contributed by atoms with E-state index in [0.29, 0.717) is 11.5 Å². The minimum absolute atomic E-state index is 0.535. The highest BCUT2D eigenvalue weighted by Crippen LogP contribution is 2.38. The maximum absolute atomic E-state index is 3.85. The summed E-state index contributed by atoms with van der Waals surface area (Å²) in [5.74, 6) is 3.43. The van der Waals surface area contributed by atoms with Gasteiger partial charge in [0.2, 0.25) is 0 Å². The molecule has 0 aliphatic heterocycles. The van der Waals surface area contributed by atoms with Crippen LogP contribution in [0, 0.1) is 11.3 Å². The third-order valence-electron chi connectivity index (χ3n) is 3.81. The molecule has 0 saturated heterocycles. The van der Waals surface area contributed by atoms with Crippen molar-refractivity contribution in [3.63, 3.8) is 0 Å². The van der Waals surface area contributed by atoms with Crippen LogP contribution in [0.1, 0.15) is 60.3 Å². The molecule has 0 amide bonds. The van der Waals surface area contributed by atoms with Gasteiger partial charge in [0.25, 0.3) is 0 Å². The molecule has 1 N–H and O–H groups in total. The molecule has 3 unspecified atom stereocenters. The lowest BCUT2D eigenvalue weighted by molar-refractivity contribution is 0.145. The largest absolute Gasteiger partial charge is 0.311 e. The third kappa shape index (κ3) is 6.15. The van der Waals surface area contributed by atoms with Crippen LogP contribution < -0.4 is 5.32 Å². The van der Waals surface area contributed by atoms with Crippen LogP contribution in [0.25, 0.3) is 0 Å². The summed E-state index contributed by atoms with van der Waals surface area (Å²) >= 11 is 2.06. The van der Waals surface area contributed by atoms with Crippen LogP contribution in [-0.2, 0) is 0 Å². The molecule has 1 aliphatic carbocycles. The second-order valence-electron chi connectivity index (χ2n) is 6.66. The maximum Gasteiger partial charge on any atom is 0.00771 e. The Morgan fingerprint density at radius 1 is 1.35 bits per heavy atom. The molecule has 1 rings (SSSR count). The van der Waals surface area contributed by atoms with Gasteiger partial charge < -0.3 is 5.32 Å². The lowest BCUT2D eigenvalue weighted by Gasteiger charge is -2.40. The SMILES string of the molecule is CCSCCC(C)NC1CC(C)CC(C)(C)C1. The first-order chi connectivity index (χ1) is 7.93. The molecule has 102 valence electrons. The van der Waals surface area contributed by atoms with Crippen molar-refractivity contribution >= 4 is 11.8 Å². The zero-order valence-corrected chi connectivity index (χ0v) is 13.2. The van der Waals surface area contributed by atoms with Crippen molar-refractivity contribution in [2.24, 2.45) is 11.3 Å². The summed E-state index contributed by atoms with van der Waals surface area (Å²) in [5, 5.41) is 3.85. The zero-order chi connectivity index (χ0) is 12.9. The minimum Gasteiger partial charge on any atom is -0.311 e. The molecule has 1 nitrogen and oxygen atoms in total. The molecule has 0 spiro atoms. The molecule has 1 saturated carbocycles. The summed E-state index contributed by atoms with van der Waals surface area (Å²) in [4.78, 5) is 0. The Morgan fingerprint density at radius 3 is 2.65 bits per heavy atom. The molecule has 0 aromatic rings. The first-order valence-corrected chi connectivity index (χ1v) is 8.42. The smallest absolute Gasteiger partial charge is 0.00771 e. The van der Waals surface area contributed by atoms with Crippen LogP contribution in [0.4, 0.5) is 0 Å². The fourth-order valence-corrected chi connectivity index (χ4v) is 4.17. The number of rotatable bonds is 6. The average molecular weight is 257 g/mol. The van der Waals surface area contributed by atoms with Gasteiger partial charge in [0, 0.05) is 12.1 Å². The quantitative estimate of drug-likeness (QED) is 0.711. The van der Waals surface area contributed by atoms with E-state index in [2.05, 4.69) is 51.7 Å². The Hall–Kier alpha value is 0.310. The summed E-state index contributed by atoms with van der Waals surface area (Å²) < 4.78 is 0. The average Bonchev–Trinajstić information content (AvgIpc) is 2.14. The van der Waals surface area contributed by atoms with Gasteiger partial charge in [-0.3, -0.25) is 0 Å². The predicted molar refractivity (Wildman–Crippen MR) is 80.8 cm³/mol. The van der Waals surface area contributed by atoms with Gasteiger partial charge in [-0.25, -0.2) is 0 Å². The summed E-state index contributed by atoms with van der Waals surface area (Å²) in [7, 11) is 0. The van der Waals surface area contributed by atoms with Gasteiger partial charge in [-0.15, -0.1) is 0 Å². The van der Waals surface area contributed by atoms with Gasteiger partial charge in [-0.05, 0) is 55.4 Å². The van der Waals surface area contributed by atoms with Gasteiger partial charge in [0.15, 0.2) is 0 Å². The van der Waals surface area contributed by atoms with Crippen molar-refractivity contribution in [2.75, 3.05) is 11.5 Å². The molecule has 2 heteroatoms. The van der Waals surface area contributed by atoms with E-state index in [0.717, 1.165) is 12.0 Å².